The van der Waals surface area contributed by atoms with E-state index in [4.69, 9.17) is 11.6 Å². The van der Waals surface area contributed by atoms with Gasteiger partial charge in [0.05, 0.1) is 16.5 Å². The van der Waals surface area contributed by atoms with E-state index in [1.807, 2.05) is 0 Å². The summed E-state index contributed by atoms with van der Waals surface area (Å²) >= 11 is 5.79. The van der Waals surface area contributed by atoms with E-state index in [1.54, 1.807) is 18.2 Å². The van der Waals surface area contributed by atoms with Gasteiger partial charge in [-0.2, -0.15) is 5.26 Å². The SMILES string of the molecule is CC1CCCC(C#N)(Cc2cccc(Cl)c2F)C1. The standard InChI is InChI=1S/C15H17ClFN/c1-11-4-3-7-15(8-11,10-18)9-12-5-2-6-13(16)14(12)17/h2,5-6,11H,3-4,7-9H2,1H3. The molecule has 1 nitrogen and oxygen atoms in total. The summed E-state index contributed by atoms with van der Waals surface area (Å²) in [5, 5.41) is 9.62. The molecule has 0 aliphatic heterocycles. The second kappa shape index (κ2) is 5.28. The first-order chi connectivity index (χ1) is 8.56. The normalized spacial score (nSPS) is 27.8. The molecule has 0 amide bonds. The molecule has 0 spiro atoms. The molecule has 3 heteroatoms. The van der Waals surface area contributed by atoms with Crippen molar-refractivity contribution >= 4 is 11.6 Å². The van der Waals surface area contributed by atoms with Crippen LogP contribution < -0.4 is 0 Å². The van der Waals surface area contributed by atoms with Gasteiger partial charge in [0.1, 0.15) is 5.82 Å². The van der Waals surface area contributed by atoms with Gasteiger partial charge in [-0.15, -0.1) is 0 Å². The number of nitriles is 1. The summed E-state index contributed by atoms with van der Waals surface area (Å²) in [7, 11) is 0. The van der Waals surface area contributed by atoms with Gasteiger partial charge in [-0.3, -0.25) is 0 Å². The highest BCUT2D eigenvalue weighted by Crippen LogP contribution is 2.42. The second-order valence-corrected chi connectivity index (χ2v) is 5.89. The molecule has 1 aliphatic rings. The highest BCUT2D eigenvalue weighted by molar-refractivity contribution is 6.30. The molecule has 0 radical (unpaired) electrons. The van der Waals surface area contributed by atoms with Crippen LogP contribution in [-0.2, 0) is 6.42 Å². The lowest BCUT2D eigenvalue weighted by atomic mass is 9.68. The minimum absolute atomic E-state index is 0.143. The lowest BCUT2D eigenvalue weighted by Crippen LogP contribution is -2.29. The van der Waals surface area contributed by atoms with Crippen molar-refractivity contribution in [2.45, 2.75) is 39.0 Å². The van der Waals surface area contributed by atoms with Crippen LogP contribution in [0.5, 0.6) is 0 Å². The Morgan fingerprint density at radius 1 is 1.56 bits per heavy atom. The van der Waals surface area contributed by atoms with Gasteiger partial charge < -0.3 is 0 Å². The Balaban J connectivity index is 2.25. The number of rotatable bonds is 2. The van der Waals surface area contributed by atoms with Crippen molar-refractivity contribution in [1.82, 2.24) is 0 Å². The minimum Gasteiger partial charge on any atom is -0.205 e. The Morgan fingerprint density at radius 3 is 3.00 bits per heavy atom. The van der Waals surface area contributed by atoms with Gasteiger partial charge in [0.2, 0.25) is 0 Å². The first kappa shape index (κ1) is 13.4. The summed E-state index contributed by atoms with van der Waals surface area (Å²) in [5.41, 5.74) is 0.154. The van der Waals surface area contributed by atoms with Crippen LogP contribution in [0.4, 0.5) is 4.39 Å². The molecule has 96 valence electrons. The van der Waals surface area contributed by atoms with Gasteiger partial charge in [-0.25, -0.2) is 4.39 Å². The topological polar surface area (TPSA) is 23.8 Å². The predicted molar refractivity (Wildman–Crippen MR) is 70.8 cm³/mol. The Bertz CT molecular complexity index is 480. The van der Waals surface area contributed by atoms with E-state index in [-0.39, 0.29) is 10.8 Å². The van der Waals surface area contributed by atoms with Crippen molar-refractivity contribution in [3.05, 3.63) is 34.6 Å². The van der Waals surface area contributed by atoms with E-state index >= 15 is 0 Å². The summed E-state index contributed by atoms with van der Waals surface area (Å²) in [4.78, 5) is 0. The minimum atomic E-state index is -0.414. The molecule has 2 unspecified atom stereocenters. The Morgan fingerprint density at radius 2 is 2.33 bits per heavy atom. The monoisotopic (exact) mass is 265 g/mol. The smallest absolute Gasteiger partial charge is 0.145 e. The van der Waals surface area contributed by atoms with Crippen LogP contribution in [0.15, 0.2) is 18.2 Å². The molecule has 0 N–H and O–H groups in total. The summed E-state index contributed by atoms with van der Waals surface area (Å²) < 4.78 is 13.9. The molecule has 1 aromatic rings. The zero-order valence-corrected chi connectivity index (χ0v) is 11.3. The molecule has 1 aliphatic carbocycles. The van der Waals surface area contributed by atoms with Crippen LogP contribution in [0.2, 0.25) is 5.02 Å². The van der Waals surface area contributed by atoms with Gasteiger partial charge >= 0.3 is 0 Å². The Hall–Kier alpha value is -1.07. The zero-order chi connectivity index (χ0) is 13.2. The summed E-state index contributed by atoms with van der Waals surface area (Å²) in [6.07, 6.45) is 4.41. The molecule has 1 aromatic carbocycles. The fourth-order valence-corrected chi connectivity index (χ4v) is 3.21. The number of hydrogen-bond acceptors (Lipinski definition) is 1. The van der Waals surface area contributed by atoms with Crippen LogP contribution in [-0.4, -0.2) is 0 Å². The van der Waals surface area contributed by atoms with Crippen molar-refractivity contribution in [2.24, 2.45) is 11.3 Å². The van der Waals surface area contributed by atoms with Crippen LogP contribution in [0.3, 0.4) is 0 Å². The lowest BCUT2D eigenvalue weighted by molar-refractivity contribution is 0.208. The molecular formula is C15H17ClFN. The van der Waals surface area contributed by atoms with E-state index in [1.165, 1.54) is 6.42 Å². The molecule has 2 atom stereocenters. The van der Waals surface area contributed by atoms with Crippen molar-refractivity contribution in [1.29, 1.82) is 5.26 Å². The summed E-state index contributed by atoms with van der Waals surface area (Å²) in [6.45, 7) is 2.17. The van der Waals surface area contributed by atoms with Gasteiger partial charge in [-0.05, 0) is 36.8 Å². The van der Waals surface area contributed by atoms with E-state index in [0.717, 1.165) is 19.3 Å². The molecule has 1 saturated carbocycles. The van der Waals surface area contributed by atoms with Gasteiger partial charge in [0, 0.05) is 0 Å². The molecule has 2 rings (SSSR count). The number of hydrogen-bond donors (Lipinski definition) is 0. The van der Waals surface area contributed by atoms with Gasteiger partial charge in [0.15, 0.2) is 0 Å². The van der Waals surface area contributed by atoms with E-state index in [2.05, 4.69) is 13.0 Å². The van der Waals surface area contributed by atoms with E-state index < -0.39 is 5.41 Å². The summed E-state index contributed by atoms with van der Waals surface area (Å²) in [5.74, 6) is 0.174. The highest BCUT2D eigenvalue weighted by Gasteiger charge is 2.36. The van der Waals surface area contributed by atoms with Crippen molar-refractivity contribution < 1.29 is 4.39 Å². The number of halogens is 2. The molecule has 0 saturated heterocycles. The van der Waals surface area contributed by atoms with E-state index in [0.29, 0.717) is 17.9 Å². The maximum Gasteiger partial charge on any atom is 0.145 e. The maximum atomic E-state index is 13.9. The average Bonchev–Trinajstić information content (AvgIpc) is 2.35. The van der Waals surface area contributed by atoms with Gasteiger partial charge in [0.25, 0.3) is 0 Å². The molecule has 18 heavy (non-hydrogen) atoms. The lowest BCUT2D eigenvalue weighted by Gasteiger charge is -2.34. The fourth-order valence-electron chi connectivity index (χ4n) is 3.01. The van der Waals surface area contributed by atoms with Crippen molar-refractivity contribution in [3.8, 4) is 6.07 Å². The fraction of sp³-hybridized carbons (Fsp3) is 0.533. The largest absolute Gasteiger partial charge is 0.205 e. The average molecular weight is 266 g/mol. The predicted octanol–water partition coefficient (Wildman–Crippen LogP) is 4.74. The quantitative estimate of drug-likeness (QED) is 0.758. The van der Waals surface area contributed by atoms with Crippen molar-refractivity contribution in [3.63, 3.8) is 0 Å². The molecule has 0 heterocycles. The van der Waals surface area contributed by atoms with Gasteiger partial charge in [-0.1, -0.05) is 43.5 Å². The van der Waals surface area contributed by atoms with Crippen LogP contribution in [0.1, 0.15) is 38.2 Å². The zero-order valence-electron chi connectivity index (χ0n) is 10.5. The molecule has 1 fully saturated rings. The van der Waals surface area contributed by atoms with Crippen molar-refractivity contribution in [2.75, 3.05) is 0 Å². The second-order valence-electron chi connectivity index (χ2n) is 5.48. The maximum absolute atomic E-state index is 13.9. The Labute approximate surface area is 113 Å². The summed E-state index contributed by atoms with van der Waals surface area (Å²) in [6, 6.07) is 7.46. The van der Waals surface area contributed by atoms with E-state index in [9.17, 15) is 9.65 Å². The third-order valence-electron chi connectivity index (χ3n) is 3.89. The molecule has 0 bridgehead atoms. The third-order valence-corrected chi connectivity index (χ3v) is 4.18. The first-order valence-electron chi connectivity index (χ1n) is 6.40. The first-order valence-corrected chi connectivity index (χ1v) is 6.78. The highest BCUT2D eigenvalue weighted by atomic mass is 35.5. The number of benzene rings is 1. The molecule has 0 aromatic heterocycles. The Kier molecular flexibility index (Phi) is 3.92. The molecular weight excluding hydrogens is 249 g/mol. The van der Waals surface area contributed by atoms with Crippen LogP contribution in [0, 0.1) is 28.5 Å². The van der Waals surface area contributed by atoms with Crippen LogP contribution >= 0.6 is 11.6 Å². The third kappa shape index (κ3) is 2.67. The number of nitrogens with zero attached hydrogens (tertiary/aromatic N) is 1. The van der Waals surface area contributed by atoms with Crippen LogP contribution in [0.25, 0.3) is 0 Å².